The molecule has 0 aliphatic carbocycles. The van der Waals surface area contributed by atoms with Crippen LogP contribution in [0.2, 0.25) is 0 Å². The summed E-state index contributed by atoms with van der Waals surface area (Å²) in [6.07, 6.45) is 0.222. The molecule has 0 aliphatic heterocycles. The lowest BCUT2D eigenvalue weighted by atomic mass is 10.1. The Balaban J connectivity index is 1.78. The van der Waals surface area contributed by atoms with Gasteiger partial charge in [0.25, 0.3) is 5.91 Å². The van der Waals surface area contributed by atoms with Gasteiger partial charge in [-0.25, -0.2) is 4.39 Å². The van der Waals surface area contributed by atoms with Crippen molar-refractivity contribution in [3.8, 4) is 5.75 Å². The van der Waals surface area contributed by atoms with Gasteiger partial charge in [-0.05, 0) is 53.4 Å². The van der Waals surface area contributed by atoms with Gasteiger partial charge in [-0.1, -0.05) is 56.3 Å². The number of rotatable bonds is 10. The number of nitrogens with zero attached hydrogens (tertiary/aromatic N) is 1. The van der Waals surface area contributed by atoms with Crippen LogP contribution in [0.4, 0.5) is 10.1 Å². The fourth-order valence-electron chi connectivity index (χ4n) is 3.24. The van der Waals surface area contributed by atoms with E-state index in [2.05, 4.69) is 5.32 Å². The first-order valence-electron chi connectivity index (χ1n) is 11.0. The first-order chi connectivity index (χ1) is 15.9. The Morgan fingerprint density at radius 2 is 1.67 bits per heavy atom. The third-order valence-electron chi connectivity index (χ3n) is 4.95. The van der Waals surface area contributed by atoms with Crippen LogP contribution in [-0.4, -0.2) is 25.0 Å². The number of halogens is 1. The molecule has 0 radical (unpaired) electrons. The Labute approximate surface area is 194 Å². The molecule has 0 saturated heterocycles. The van der Waals surface area contributed by atoms with Crippen LogP contribution in [0.25, 0.3) is 0 Å². The molecule has 3 rings (SSSR count). The van der Waals surface area contributed by atoms with Gasteiger partial charge in [-0.15, -0.1) is 0 Å². The van der Waals surface area contributed by atoms with E-state index < -0.39 is 0 Å². The molecule has 0 fully saturated rings. The number of benzene rings is 3. The molecule has 0 bridgehead atoms. The van der Waals surface area contributed by atoms with E-state index in [0.717, 1.165) is 11.1 Å². The van der Waals surface area contributed by atoms with Gasteiger partial charge >= 0.3 is 0 Å². The van der Waals surface area contributed by atoms with E-state index in [9.17, 15) is 14.0 Å². The van der Waals surface area contributed by atoms with Crippen LogP contribution in [0.3, 0.4) is 0 Å². The molecule has 1 N–H and O–H groups in total. The van der Waals surface area contributed by atoms with Gasteiger partial charge < -0.3 is 15.0 Å². The lowest BCUT2D eigenvalue weighted by Gasteiger charge is -2.24. The molecular formula is C27H29FN2O3. The molecule has 33 heavy (non-hydrogen) atoms. The van der Waals surface area contributed by atoms with E-state index in [1.165, 1.54) is 12.1 Å². The molecule has 172 valence electrons. The van der Waals surface area contributed by atoms with Crippen molar-refractivity contribution in [2.24, 2.45) is 5.92 Å². The topological polar surface area (TPSA) is 58.6 Å². The largest absolute Gasteiger partial charge is 0.484 e. The maximum absolute atomic E-state index is 13.4. The molecule has 0 aliphatic rings. The predicted molar refractivity (Wildman–Crippen MR) is 128 cm³/mol. The Kier molecular flexibility index (Phi) is 8.58. The summed E-state index contributed by atoms with van der Waals surface area (Å²) in [6.45, 7) is 4.80. The molecule has 0 heterocycles. The fourth-order valence-corrected chi connectivity index (χ4v) is 3.24. The molecule has 0 saturated carbocycles. The second kappa shape index (κ2) is 11.8. The van der Waals surface area contributed by atoms with Crippen LogP contribution in [0.1, 0.15) is 25.0 Å². The number of nitrogens with one attached hydrogen (secondary N) is 1. The maximum Gasteiger partial charge on any atom is 0.265 e. The Hall–Kier alpha value is -3.67. The molecule has 0 spiro atoms. The van der Waals surface area contributed by atoms with Crippen molar-refractivity contribution in [1.82, 2.24) is 5.32 Å². The first kappa shape index (κ1) is 24.0. The normalized spacial score (nSPS) is 10.7. The van der Waals surface area contributed by atoms with Gasteiger partial charge in [0.15, 0.2) is 6.61 Å². The van der Waals surface area contributed by atoms with E-state index in [0.29, 0.717) is 23.9 Å². The minimum atomic E-state index is -0.335. The maximum atomic E-state index is 13.4. The summed E-state index contributed by atoms with van der Waals surface area (Å²) in [4.78, 5) is 27.0. The van der Waals surface area contributed by atoms with E-state index in [-0.39, 0.29) is 37.2 Å². The number of anilines is 1. The number of hydrogen-bond donors (Lipinski definition) is 1. The minimum Gasteiger partial charge on any atom is -0.484 e. The van der Waals surface area contributed by atoms with Crippen LogP contribution in [0, 0.1) is 11.7 Å². The molecule has 3 aromatic carbocycles. The Morgan fingerprint density at radius 3 is 2.36 bits per heavy atom. The van der Waals surface area contributed by atoms with Crippen molar-refractivity contribution in [3.63, 3.8) is 0 Å². The van der Waals surface area contributed by atoms with Gasteiger partial charge in [0.05, 0.1) is 13.0 Å². The highest BCUT2D eigenvalue weighted by Gasteiger charge is 2.18. The second-order valence-corrected chi connectivity index (χ2v) is 8.25. The van der Waals surface area contributed by atoms with Crippen LogP contribution < -0.4 is 15.0 Å². The number of carbonyl (C=O) groups is 2. The van der Waals surface area contributed by atoms with Crippen molar-refractivity contribution in [2.75, 3.05) is 18.1 Å². The number of hydrogen-bond acceptors (Lipinski definition) is 3. The number of amides is 2. The highest BCUT2D eigenvalue weighted by molar-refractivity contribution is 5.94. The molecular weight excluding hydrogens is 419 g/mol. The minimum absolute atomic E-state index is 0.0651. The summed E-state index contributed by atoms with van der Waals surface area (Å²) in [5.74, 6) is 0.324. The molecule has 5 nitrogen and oxygen atoms in total. The number of ether oxygens (including phenoxy) is 1. The molecule has 6 heteroatoms. The SMILES string of the molecule is CC(C)CNC(=O)Cc1cccc(N(Cc2ccc(F)cc2)C(=O)COc2ccccc2)c1. The van der Waals surface area contributed by atoms with Gasteiger partial charge in [-0.2, -0.15) is 0 Å². The van der Waals surface area contributed by atoms with E-state index in [4.69, 9.17) is 4.74 Å². The predicted octanol–water partition coefficient (Wildman–Crippen LogP) is 4.75. The second-order valence-electron chi connectivity index (χ2n) is 8.25. The summed E-state index contributed by atoms with van der Waals surface area (Å²) in [6, 6.07) is 22.5. The highest BCUT2D eigenvalue weighted by atomic mass is 19.1. The lowest BCUT2D eigenvalue weighted by molar-refractivity contribution is -0.121. The summed E-state index contributed by atoms with van der Waals surface area (Å²) in [7, 11) is 0. The van der Waals surface area contributed by atoms with E-state index in [1.54, 1.807) is 29.2 Å². The van der Waals surface area contributed by atoms with Crippen molar-refractivity contribution < 1.29 is 18.7 Å². The Morgan fingerprint density at radius 1 is 0.939 bits per heavy atom. The average molecular weight is 449 g/mol. The summed E-state index contributed by atoms with van der Waals surface area (Å²) < 4.78 is 19.0. The van der Waals surface area contributed by atoms with Crippen LogP contribution in [0.5, 0.6) is 5.75 Å². The fraction of sp³-hybridized carbons (Fsp3) is 0.259. The standard InChI is InChI=1S/C27H29FN2O3/c1-20(2)17-29-26(31)16-22-7-6-8-24(15-22)30(18-21-11-13-23(28)14-12-21)27(32)19-33-25-9-4-3-5-10-25/h3-15,20H,16-19H2,1-2H3,(H,29,31). The molecule has 3 aromatic rings. The van der Waals surface area contributed by atoms with Crippen LogP contribution in [-0.2, 0) is 22.6 Å². The van der Waals surface area contributed by atoms with Crippen molar-refractivity contribution in [2.45, 2.75) is 26.8 Å². The number of carbonyl (C=O) groups excluding carboxylic acids is 2. The van der Waals surface area contributed by atoms with Gasteiger partial charge in [0.2, 0.25) is 5.91 Å². The average Bonchev–Trinajstić information content (AvgIpc) is 2.81. The zero-order chi connectivity index (χ0) is 23.6. The molecule has 0 unspecified atom stereocenters. The zero-order valence-electron chi connectivity index (χ0n) is 19.0. The summed E-state index contributed by atoms with van der Waals surface area (Å²) in [5.41, 5.74) is 2.23. The highest BCUT2D eigenvalue weighted by Crippen LogP contribution is 2.21. The van der Waals surface area contributed by atoms with Crippen molar-refractivity contribution in [3.05, 3.63) is 95.8 Å². The third kappa shape index (κ3) is 7.75. The van der Waals surface area contributed by atoms with Crippen molar-refractivity contribution in [1.29, 1.82) is 0 Å². The molecule has 2 amide bonds. The van der Waals surface area contributed by atoms with E-state index >= 15 is 0 Å². The third-order valence-corrected chi connectivity index (χ3v) is 4.95. The molecule has 0 atom stereocenters. The van der Waals surface area contributed by atoms with Crippen LogP contribution in [0.15, 0.2) is 78.9 Å². The van der Waals surface area contributed by atoms with Crippen LogP contribution >= 0.6 is 0 Å². The van der Waals surface area contributed by atoms with Gasteiger partial charge in [0, 0.05) is 12.2 Å². The van der Waals surface area contributed by atoms with E-state index in [1.807, 2.05) is 56.3 Å². The van der Waals surface area contributed by atoms with Gasteiger partial charge in [-0.3, -0.25) is 9.59 Å². The zero-order valence-corrected chi connectivity index (χ0v) is 19.0. The summed E-state index contributed by atoms with van der Waals surface area (Å²) in [5, 5.41) is 2.91. The number of para-hydroxylation sites is 1. The van der Waals surface area contributed by atoms with Gasteiger partial charge in [0.1, 0.15) is 11.6 Å². The lowest BCUT2D eigenvalue weighted by Crippen LogP contribution is -2.34. The quantitative estimate of drug-likeness (QED) is 0.487. The first-order valence-corrected chi connectivity index (χ1v) is 11.0. The van der Waals surface area contributed by atoms with Crippen molar-refractivity contribution >= 4 is 17.5 Å². The summed E-state index contributed by atoms with van der Waals surface area (Å²) >= 11 is 0. The monoisotopic (exact) mass is 448 g/mol. The smallest absolute Gasteiger partial charge is 0.265 e. The molecule has 0 aromatic heterocycles. The Bertz CT molecular complexity index is 1050.